The molecule has 0 spiro atoms. The Hall–Kier alpha value is -1.28. The van der Waals surface area contributed by atoms with Gasteiger partial charge in [0.1, 0.15) is 0 Å². The lowest BCUT2D eigenvalue weighted by Gasteiger charge is -2.22. The van der Waals surface area contributed by atoms with E-state index < -0.39 is 0 Å². The zero-order valence-electron chi connectivity index (χ0n) is 10.4. The highest BCUT2D eigenvalue weighted by Gasteiger charge is 2.15. The molecule has 1 aliphatic heterocycles. The van der Waals surface area contributed by atoms with E-state index in [0.29, 0.717) is 0 Å². The van der Waals surface area contributed by atoms with E-state index in [-0.39, 0.29) is 0 Å². The Bertz CT molecular complexity index is 509. The summed E-state index contributed by atoms with van der Waals surface area (Å²) in [6.07, 6.45) is 4.63. The van der Waals surface area contributed by atoms with Gasteiger partial charge in [-0.05, 0) is 43.4 Å². The molecule has 1 aliphatic rings. The lowest BCUT2D eigenvalue weighted by atomic mass is 10.0. The maximum atomic E-state index is 5.42. The molecule has 2 nitrogen and oxygen atoms in total. The standard InChI is InChI=1S/C15H19NO/c1-12-3-2-4-15-14(12)5-8-16(15)11-13-6-9-17-10-7-13/h2-5,8,13H,6-7,9-11H2,1H3. The predicted molar refractivity (Wildman–Crippen MR) is 70.2 cm³/mol. The zero-order chi connectivity index (χ0) is 11.7. The van der Waals surface area contributed by atoms with E-state index in [1.54, 1.807) is 0 Å². The van der Waals surface area contributed by atoms with Crippen LogP contribution in [0.2, 0.25) is 0 Å². The predicted octanol–water partition coefficient (Wildman–Crippen LogP) is 3.38. The molecule has 2 heterocycles. The number of hydrogen-bond acceptors (Lipinski definition) is 1. The summed E-state index contributed by atoms with van der Waals surface area (Å²) < 4.78 is 7.82. The molecule has 0 radical (unpaired) electrons. The van der Waals surface area contributed by atoms with E-state index in [4.69, 9.17) is 4.74 Å². The minimum absolute atomic E-state index is 0.778. The number of hydrogen-bond donors (Lipinski definition) is 0. The molecule has 0 unspecified atom stereocenters. The lowest BCUT2D eigenvalue weighted by Crippen LogP contribution is -2.19. The summed E-state index contributed by atoms with van der Waals surface area (Å²) in [7, 11) is 0. The van der Waals surface area contributed by atoms with Crippen molar-refractivity contribution in [3.05, 3.63) is 36.0 Å². The number of fused-ring (bicyclic) bond motifs is 1. The molecule has 0 bridgehead atoms. The third-order valence-electron chi connectivity index (χ3n) is 3.83. The summed E-state index contributed by atoms with van der Waals surface area (Å²) in [5.41, 5.74) is 2.74. The molecule has 1 aromatic carbocycles. The molecule has 0 saturated carbocycles. The van der Waals surface area contributed by atoms with Crippen LogP contribution in [0.5, 0.6) is 0 Å². The third kappa shape index (κ3) is 2.09. The summed E-state index contributed by atoms with van der Waals surface area (Å²) >= 11 is 0. The second-order valence-corrected chi connectivity index (χ2v) is 5.03. The number of aromatic nitrogens is 1. The van der Waals surface area contributed by atoms with Gasteiger partial charge in [0.2, 0.25) is 0 Å². The highest BCUT2D eigenvalue weighted by Crippen LogP contribution is 2.23. The first-order valence-electron chi connectivity index (χ1n) is 6.47. The Morgan fingerprint density at radius 2 is 2.06 bits per heavy atom. The van der Waals surface area contributed by atoms with Gasteiger partial charge < -0.3 is 9.30 Å². The Labute approximate surface area is 102 Å². The van der Waals surface area contributed by atoms with Gasteiger partial charge in [-0.3, -0.25) is 0 Å². The average Bonchev–Trinajstić information content (AvgIpc) is 2.76. The minimum Gasteiger partial charge on any atom is -0.381 e. The molecule has 1 saturated heterocycles. The second kappa shape index (κ2) is 4.53. The van der Waals surface area contributed by atoms with Crippen LogP contribution in [0.4, 0.5) is 0 Å². The van der Waals surface area contributed by atoms with Crippen LogP contribution in [0.15, 0.2) is 30.5 Å². The highest BCUT2D eigenvalue weighted by molar-refractivity contribution is 5.83. The molecule has 2 heteroatoms. The third-order valence-corrected chi connectivity index (χ3v) is 3.83. The molecule has 1 aromatic heterocycles. The van der Waals surface area contributed by atoms with Gasteiger partial charge in [0.15, 0.2) is 0 Å². The normalized spacial score (nSPS) is 17.7. The number of benzene rings is 1. The molecule has 0 aliphatic carbocycles. The smallest absolute Gasteiger partial charge is 0.0483 e. The van der Waals surface area contributed by atoms with Crippen LogP contribution in [0.3, 0.4) is 0 Å². The van der Waals surface area contributed by atoms with Crippen LogP contribution < -0.4 is 0 Å². The van der Waals surface area contributed by atoms with Crippen molar-refractivity contribution >= 4 is 10.9 Å². The monoisotopic (exact) mass is 229 g/mol. The van der Waals surface area contributed by atoms with Gasteiger partial charge in [0.05, 0.1) is 0 Å². The summed E-state index contributed by atoms with van der Waals surface area (Å²) in [4.78, 5) is 0. The fraction of sp³-hybridized carbons (Fsp3) is 0.467. The van der Waals surface area contributed by atoms with Crippen molar-refractivity contribution in [3.8, 4) is 0 Å². The molecule has 0 atom stereocenters. The van der Waals surface area contributed by atoms with E-state index in [1.807, 2.05) is 0 Å². The number of ether oxygens (including phenoxy) is 1. The van der Waals surface area contributed by atoms with Crippen LogP contribution in [0.25, 0.3) is 10.9 Å². The fourth-order valence-corrected chi connectivity index (χ4v) is 2.74. The van der Waals surface area contributed by atoms with Crippen LogP contribution in [-0.2, 0) is 11.3 Å². The van der Waals surface area contributed by atoms with E-state index in [9.17, 15) is 0 Å². The van der Waals surface area contributed by atoms with E-state index in [2.05, 4.69) is 42.0 Å². The molecule has 3 rings (SSSR count). The Morgan fingerprint density at radius 1 is 1.24 bits per heavy atom. The van der Waals surface area contributed by atoms with Crippen molar-refractivity contribution in [1.29, 1.82) is 0 Å². The molecular weight excluding hydrogens is 210 g/mol. The SMILES string of the molecule is Cc1cccc2c1ccn2CC1CCOCC1. The fourth-order valence-electron chi connectivity index (χ4n) is 2.74. The summed E-state index contributed by atoms with van der Waals surface area (Å²) in [6.45, 7) is 5.18. The van der Waals surface area contributed by atoms with Gasteiger partial charge in [0, 0.05) is 36.9 Å². The molecule has 0 N–H and O–H groups in total. The molecule has 1 fully saturated rings. The van der Waals surface area contributed by atoms with E-state index in [0.717, 1.165) is 25.7 Å². The van der Waals surface area contributed by atoms with E-state index in [1.165, 1.54) is 29.3 Å². The molecule has 2 aromatic rings. The number of aryl methyl sites for hydroxylation is 1. The minimum atomic E-state index is 0.778. The maximum absolute atomic E-state index is 5.42. The second-order valence-electron chi connectivity index (χ2n) is 5.03. The largest absolute Gasteiger partial charge is 0.381 e. The van der Waals surface area contributed by atoms with Gasteiger partial charge >= 0.3 is 0 Å². The lowest BCUT2D eigenvalue weighted by molar-refractivity contribution is 0.0616. The van der Waals surface area contributed by atoms with Gasteiger partial charge in [0.25, 0.3) is 0 Å². The Kier molecular flexibility index (Phi) is 2.89. The summed E-state index contributed by atoms with van der Waals surface area (Å²) in [5, 5.41) is 1.39. The molecule has 17 heavy (non-hydrogen) atoms. The van der Waals surface area contributed by atoms with Crippen LogP contribution in [0, 0.1) is 12.8 Å². The maximum Gasteiger partial charge on any atom is 0.0483 e. The number of rotatable bonds is 2. The van der Waals surface area contributed by atoms with Crippen LogP contribution in [-0.4, -0.2) is 17.8 Å². The summed E-state index contributed by atoms with van der Waals surface area (Å²) in [6, 6.07) is 8.80. The van der Waals surface area contributed by atoms with Crippen molar-refractivity contribution in [2.75, 3.05) is 13.2 Å². The van der Waals surface area contributed by atoms with Crippen molar-refractivity contribution in [3.63, 3.8) is 0 Å². The molecular formula is C15H19NO. The Balaban J connectivity index is 1.87. The van der Waals surface area contributed by atoms with Crippen molar-refractivity contribution in [2.24, 2.45) is 5.92 Å². The van der Waals surface area contributed by atoms with Crippen LogP contribution in [0.1, 0.15) is 18.4 Å². The molecule has 90 valence electrons. The van der Waals surface area contributed by atoms with E-state index >= 15 is 0 Å². The van der Waals surface area contributed by atoms with Crippen LogP contribution >= 0.6 is 0 Å². The summed E-state index contributed by atoms with van der Waals surface area (Å²) in [5.74, 6) is 0.778. The van der Waals surface area contributed by atoms with Gasteiger partial charge in [-0.15, -0.1) is 0 Å². The Morgan fingerprint density at radius 3 is 2.88 bits per heavy atom. The highest BCUT2D eigenvalue weighted by atomic mass is 16.5. The first-order chi connectivity index (χ1) is 8.34. The van der Waals surface area contributed by atoms with Crippen molar-refractivity contribution in [1.82, 2.24) is 4.57 Å². The first-order valence-corrected chi connectivity index (χ1v) is 6.47. The zero-order valence-corrected chi connectivity index (χ0v) is 10.4. The van der Waals surface area contributed by atoms with Crippen molar-refractivity contribution in [2.45, 2.75) is 26.3 Å². The topological polar surface area (TPSA) is 14.2 Å². The van der Waals surface area contributed by atoms with Crippen molar-refractivity contribution < 1.29 is 4.74 Å². The molecule has 0 amide bonds. The number of nitrogens with zero attached hydrogens (tertiary/aromatic N) is 1. The van der Waals surface area contributed by atoms with Gasteiger partial charge in [-0.25, -0.2) is 0 Å². The average molecular weight is 229 g/mol. The first kappa shape index (κ1) is 10.8. The van der Waals surface area contributed by atoms with Gasteiger partial charge in [-0.2, -0.15) is 0 Å². The quantitative estimate of drug-likeness (QED) is 0.770. The van der Waals surface area contributed by atoms with Gasteiger partial charge in [-0.1, -0.05) is 12.1 Å².